The number of carbonyl (C=O) groups excluding carboxylic acids is 2. The maximum atomic E-state index is 12.6. The molecule has 7 nitrogen and oxygen atoms in total. The van der Waals surface area contributed by atoms with Crippen molar-refractivity contribution in [1.29, 1.82) is 0 Å². The lowest BCUT2D eigenvalue weighted by molar-refractivity contribution is -0.122. The smallest absolute Gasteiger partial charge is 0.244 e. The fraction of sp³-hybridized carbons (Fsp3) is 0.333. The largest absolute Gasteiger partial charge is 0.354 e. The van der Waals surface area contributed by atoms with Gasteiger partial charge >= 0.3 is 0 Å². The number of fused-ring (bicyclic) bond motifs is 1. The molecule has 0 aromatic heterocycles. The van der Waals surface area contributed by atoms with Crippen LogP contribution in [0.2, 0.25) is 0 Å². The highest BCUT2D eigenvalue weighted by molar-refractivity contribution is 9.10. The minimum absolute atomic E-state index is 0.0763. The number of rotatable bonds is 2. The molecule has 0 spiro atoms. The summed E-state index contributed by atoms with van der Waals surface area (Å²) in [4.78, 5) is 22.8. The van der Waals surface area contributed by atoms with Crippen molar-refractivity contribution in [3.05, 3.63) is 22.2 Å². The Hall–Kier alpha value is -1.45. The lowest BCUT2D eigenvalue weighted by Gasteiger charge is -2.26. The van der Waals surface area contributed by atoms with Gasteiger partial charge in [0.25, 0.3) is 0 Å². The van der Waals surface area contributed by atoms with E-state index in [0.29, 0.717) is 22.3 Å². The summed E-state index contributed by atoms with van der Waals surface area (Å²) < 4.78 is 26.8. The van der Waals surface area contributed by atoms with Crippen molar-refractivity contribution in [3.8, 4) is 0 Å². The van der Waals surface area contributed by atoms with Crippen LogP contribution in [0.1, 0.15) is 5.56 Å². The van der Waals surface area contributed by atoms with Gasteiger partial charge in [0.1, 0.15) is 0 Å². The molecule has 0 unspecified atom stereocenters. The second-order valence-corrected chi connectivity index (χ2v) is 7.61. The molecule has 3 rings (SSSR count). The molecule has 2 aliphatic rings. The highest BCUT2D eigenvalue weighted by Gasteiger charge is 2.32. The fourth-order valence-corrected chi connectivity index (χ4v) is 4.83. The van der Waals surface area contributed by atoms with E-state index in [9.17, 15) is 18.0 Å². The Morgan fingerprint density at radius 1 is 1.19 bits per heavy atom. The summed E-state index contributed by atoms with van der Waals surface area (Å²) in [6, 6.07) is 3.07. The van der Waals surface area contributed by atoms with Gasteiger partial charge in [-0.2, -0.15) is 4.31 Å². The molecule has 112 valence electrons. The quantitative estimate of drug-likeness (QED) is 0.766. The summed E-state index contributed by atoms with van der Waals surface area (Å²) in [5, 5.41) is 5.25. The van der Waals surface area contributed by atoms with Crippen LogP contribution in [-0.4, -0.2) is 44.2 Å². The Labute approximate surface area is 129 Å². The van der Waals surface area contributed by atoms with Crippen LogP contribution in [0.15, 0.2) is 21.5 Å². The third-order valence-electron chi connectivity index (χ3n) is 3.40. The van der Waals surface area contributed by atoms with Crippen molar-refractivity contribution >= 4 is 43.5 Å². The van der Waals surface area contributed by atoms with Crippen LogP contribution < -0.4 is 10.6 Å². The Morgan fingerprint density at radius 3 is 2.67 bits per heavy atom. The molecule has 2 heterocycles. The lowest BCUT2D eigenvalue weighted by atomic mass is 10.2. The number of nitrogens with zero attached hydrogens (tertiary/aromatic N) is 1. The number of sulfonamides is 1. The number of nitrogens with one attached hydrogen (secondary N) is 2. The number of hydrogen-bond acceptors (Lipinski definition) is 4. The zero-order chi connectivity index (χ0) is 15.2. The molecule has 0 saturated carbocycles. The maximum Gasteiger partial charge on any atom is 0.244 e. The van der Waals surface area contributed by atoms with E-state index in [0.717, 1.165) is 4.31 Å². The first-order chi connectivity index (χ1) is 9.88. The monoisotopic (exact) mass is 373 g/mol. The van der Waals surface area contributed by atoms with Crippen molar-refractivity contribution in [2.75, 3.05) is 25.0 Å². The molecule has 1 aromatic carbocycles. The van der Waals surface area contributed by atoms with Crippen molar-refractivity contribution in [3.63, 3.8) is 0 Å². The van der Waals surface area contributed by atoms with E-state index in [2.05, 4.69) is 26.6 Å². The lowest BCUT2D eigenvalue weighted by Crippen LogP contribution is -2.49. The van der Waals surface area contributed by atoms with E-state index >= 15 is 0 Å². The second-order valence-electron chi connectivity index (χ2n) is 4.85. The number of carbonyl (C=O) groups is 2. The molecular weight excluding hydrogens is 362 g/mol. The van der Waals surface area contributed by atoms with E-state index in [1.165, 1.54) is 6.07 Å². The summed E-state index contributed by atoms with van der Waals surface area (Å²) in [5.74, 6) is -0.484. The van der Waals surface area contributed by atoms with Gasteiger partial charge in [-0.25, -0.2) is 8.42 Å². The number of hydrogen-bond donors (Lipinski definition) is 2. The van der Waals surface area contributed by atoms with Gasteiger partial charge in [0, 0.05) is 23.2 Å². The summed E-state index contributed by atoms with van der Waals surface area (Å²) in [7, 11) is -3.78. The van der Waals surface area contributed by atoms with E-state index in [4.69, 9.17) is 0 Å². The van der Waals surface area contributed by atoms with Crippen LogP contribution in [0.5, 0.6) is 0 Å². The molecule has 2 aliphatic heterocycles. The van der Waals surface area contributed by atoms with Gasteiger partial charge in [-0.15, -0.1) is 0 Å². The third kappa shape index (κ3) is 2.56. The van der Waals surface area contributed by atoms with Crippen molar-refractivity contribution < 1.29 is 18.0 Å². The summed E-state index contributed by atoms with van der Waals surface area (Å²) in [5.41, 5.74) is 1.26. The van der Waals surface area contributed by atoms with Gasteiger partial charge in [-0.05, 0) is 33.6 Å². The number of benzene rings is 1. The Bertz CT molecular complexity index is 747. The second kappa shape index (κ2) is 5.08. The van der Waals surface area contributed by atoms with Gasteiger partial charge in [-0.3, -0.25) is 9.59 Å². The Balaban J connectivity index is 2.01. The van der Waals surface area contributed by atoms with Crippen molar-refractivity contribution in [2.45, 2.75) is 11.3 Å². The summed E-state index contributed by atoms with van der Waals surface area (Å²) >= 11 is 3.23. The Morgan fingerprint density at radius 2 is 1.95 bits per heavy atom. The van der Waals surface area contributed by atoms with E-state index < -0.39 is 10.0 Å². The molecule has 1 saturated heterocycles. The van der Waals surface area contributed by atoms with Crippen LogP contribution >= 0.6 is 15.9 Å². The average Bonchev–Trinajstić information content (AvgIpc) is 2.76. The van der Waals surface area contributed by atoms with Crippen LogP contribution in [0, 0.1) is 0 Å². The van der Waals surface area contributed by atoms with E-state index in [-0.39, 0.29) is 36.2 Å². The maximum absolute atomic E-state index is 12.6. The van der Waals surface area contributed by atoms with Gasteiger partial charge in [-0.1, -0.05) is 0 Å². The molecule has 0 bridgehead atoms. The molecule has 1 aromatic rings. The van der Waals surface area contributed by atoms with E-state index in [1.807, 2.05) is 0 Å². The number of anilines is 1. The fourth-order valence-electron chi connectivity index (χ4n) is 2.38. The van der Waals surface area contributed by atoms with Crippen molar-refractivity contribution in [1.82, 2.24) is 9.62 Å². The number of piperazine rings is 1. The highest BCUT2D eigenvalue weighted by Crippen LogP contribution is 2.33. The molecule has 9 heteroatoms. The first-order valence-corrected chi connectivity index (χ1v) is 8.50. The summed E-state index contributed by atoms with van der Waals surface area (Å²) in [6.07, 6.45) is 0.158. The van der Waals surface area contributed by atoms with Crippen LogP contribution in [-0.2, 0) is 26.0 Å². The van der Waals surface area contributed by atoms with Gasteiger partial charge in [0.2, 0.25) is 21.8 Å². The SMILES string of the molecule is O=C1CN(S(=O)(=O)c2cc3c(cc2Br)NC(=O)C3)CCN1. The van der Waals surface area contributed by atoms with Crippen LogP contribution in [0.3, 0.4) is 0 Å². The Kier molecular flexibility index (Phi) is 3.50. The number of amides is 2. The standard InChI is InChI=1S/C12H12BrN3O4S/c13-8-5-9-7(4-11(17)15-9)3-10(8)21(19,20)16-2-1-14-12(18)6-16/h3,5H,1-2,4,6H2,(H,14,18)(H,15,17). The molecule has 0 aliphatic carbocycles. The highest BCUT2D eigenvalue weighted by atomic mass is 79.9. The zero-order valence-electron chi connectivity index (χ0n) is 10.8. The molecule has 2 N–H and O–H groups in total. The molecule has 0 atom stereocenters. The first kappa shape index (κ1) is 14.5. The van der Waals surface area contributed by atoms with Crippen LogP contribution in [0.25, 0.3) is 0 Å². The van der Waals surface area contributed by atoms with Gasteiger partial charge in [0.15, 0.2) is 0 Å². The molecule has 21 heavy (non-hydrogen) atoms. The minimum Gasteiger partial charge on any atom is -0.354 e. The normalized spacial score (nSPS) is 19.1. The van der Waals surface area contributed by atoms with Gasteiger partial charge in [0.05, 0.1) is 17.9 Å². The molecule has 1 fully saturated rings. The summed E-state index contributed by atoms with van der Waals surface area (Å²) in [6.45, 7) is 0.332. The average molecular weight is 374 g/mol. The predicted molar refractivity (Wildman–Crippen MR) is 78.2 cm³/mol. The first-order valence-electron chi connectivity index (χ1n) is 6.27. The van der Waals surface area contributed by atoms with Crippen molar-refractivity contribution in [2.24, 2.45) is 0 Å². The minimum atomic E-state index is -3.78. The van der Waals surface area contributed by atoms with E-state index in [1.54, 1.807) is 6.07 Å². The molecular formula is C12H12BrN3O4S. The molecule has 2 amide bonds. The number of halogens is 1. The topological polar surface area (TPSA) is 95.6 Å². The van der Waals surface area contributed by atoms with Crippen LogP contribution in [0.4, 0.5) is 5.69 Å². The predicted octanol–water partition coefficient (Wildman–Crippen LogP) is 0.0642. The zero-order valence-corrected chi connectivity index (χ0v) is 13.3. The van der Waals surface area contributed by atoms with Gasteiger partial charge < -0.3 is 10.6 Å². The molecule has 0 radical (unpaired) electrons. The third-order valence-corrected chi connectivity index (χ3v) is 6.21.